The fourth-order valence-electron chi connectivity index (χ4n) is 1.99. The van der Waals surface area contributed by atoms with E-state index in [1.165, 1.54) is 6.92 Å². The Kier molecular flexibility index (Phi) is 3.67. The number of benzene rings is 2. The number of aromatic carboxylic acids is 1. The van der Waals surface area contributed by atoms with E-state index in [4.69, 9.17) is 5.11 Å². The van der Waals surface area contributed by atoms with Crippen LogP contribution in [0.4, 0.5) is 22.0 Å². The van der Waals surface area contributed by atoms with Gasteiger partial charge in [-0.15, -0.1) is 0 Å². The Labute approximate surface area is 115 Å². The zero-order chi connectivity index (χ0) is 15.9. The third-order valence-corrected chi connectivity index (χ3v) is 2.90. The second kappa shape index (κ2) is 5.16. The number of carboxylic acid groups (broad SMARTS) is 1. The third-order valence-electron chi connectivity index (χ3n) is 2.90. The van der Waals surface area contributed by atoms with Crippen LogP contribution in [0.5, 0.6) is 0 Å². The van der Waals surface area contributed by atoms with Gasteiger partial charge < -0.3 is 5.11 Å². The topological polar surface area (TPSA) is 37.3 Å². The molecule has 1 N–H and O–H groups in total. The minimum atomic E-state index is -1.87. The predicted octanol–water partition coefficient (Wildman–Crippen LogP) is 4.06. The highest BCUT2D eigenvalue weighted by Crippen LogP contribution is 2.32. The highest BCUT2D eigenvalue weighted by atomic mass is 19.2. The van der Waals surface area contributed by atoms with Crippen LogP contribution < -0.4 is 0 Å². The van der Waals surface area contributed by atoms with Crippen LogP contribution in [0, 0.1) is 36.0 Å². The molecule has 2 aromatic rings. The summed E-state index contributed by atoms with van der Waals surface area (Å²) in [5.41, 5.74) is -2.27. The van der Waals surface area contributed by atoms with Gasteiger partial charge in [0.2, 0.25) is 0 Å². The Balaban J connectivity index is 2.81. The van der Waals surface area contributed by atoms with Gasteiger partial charge in [0.1, 0.15) is 17.2 Å². The lowest BCUT2D eigenvalue weighted by molar-refractivity contribution is 0.0686. The van der Waals surface area contributed by atoms with E-state index in [1.807, 2.05) is 0 Å². The first-order chi connectivity index (χ1) is 9.73. The number of rotatable bonds is 2. The molecule has 2 nitrogen and oxygen atoms in total. The zero-order valence-corrected chi connectivity index (χ0v) is 10.5. The number of carbonyl (C=O) groups is 1. The van der Waals surface area contributed by atoms with E-state index in [0.29, 0.717) is 12.1 Å². The highest BCUT2D eigenvalue weighted by molar-refractivity contribution is 5.91. The Morgan fingerprint density at radius 2 is 1.43 bits per heavy atom. The molecule has 0 aliphatic rings. The molecule has 0 aliphatic carbocycles. The van der Waals surface area contributed by atoms with Crippen molar-refractivity contribution in [3.05, 3.63) is 58.4 Å². The van der Waals surface area contributed by atoms with Gasteiger partial charge in [-0.2, -0.15) is 0 Å². The average Bonchev–Trinajstić information content (AvgIpc) is 2.34. The number of carboxylic acids is 1. The van der Waals surface area contributed by atoms with Crippen LogP contribution in [0.1, 0.15) is 15.9 Å². The molecule has 0 spiro atoms. The second-order valence-electron chi connectivity index (χ2n) is 4.30. The number of halogens is 5. The number of aryl methyl sites for hydroxylation is 1. The van der Waals surface area contributed by atoms with E-state index < -0.39 is 51.7 Å². The maximum atomic E-state index is 14.1. The van der Waals surface area contributed by atoms with Crippen molar-refractivity contribution < 1.29 is 31.9 Å². The van der Waals surface area contributed by atoms with Gasteiger partial charge in [0, 0.05) is 5.56 Å². The summed E-state index contributed by atoms with van der Waals surface area (Å²) in [5.74, 6) is -9.53. The molecule has 0 bridgehead atoms. The molecular formula is C14H7F5O2. The first-order valence-electron chi connectivity index (χ1n) is 5.60. The second-order valence-corrected chi connectivity index (χ2v) is 4.30. The summed E-state index contributed by atoms with van der Waals surface area (Å²) in [6.07, 6.45) is 0. The lowest BCUT2D eigenvalue weighted by Crippen LogP contribution is -2.08. The summed E-state index contributed by atoms with van der Waals surface area (Å²) < 4.78 is 66.9. The van der Waals surface area contributed by atoms with Crippen molar-refractivity contribution in [3.63, 3.8) is 0 Å². The molecule has 110 valence electrons. The predicted molar refractivity (Wildman–Crippen MR) is 63.4 cm³/mol. The average molecular weight is 302 g/mol. The maximum absolute atomic E-state index is 14.1. The molecule has 0 fully saturated rings. The molecule has 0 saturated carbocycles. The minimum Gasteiger partial charge on any atom is -0.477 e. The molecule has 0 amide bonds. The van der Waals surface area contributed by atoms with Crippen molar-refractivity contribution in [2.75, 3.05) is 0 Å². The highest BCUT2D eigenvalue weighted by Gasteiger charge is 2.24. The van der Waals surface area contributed by atoms with Gasteiger partial charge in [0.05, 0.1) is 0 Å². The lowest BCUT2D eigenvalue weighted by Gasteiger charge is -2.11. The molecule has 7 heteroatoms. The van der Waals surface area contributed by atoms with Crippen LogP contribution in [0.25, 0.3) is 11.1 Å². The SMILES string of the molecule is Cc1cc(F)c(C(=O)O)c(F)c1-c1cc(F)c(F)c(F)c1. The van der Waals surface area contributed by atoms with E-state index in [1.54, 1.807) is 0 Å². The van der Waals surface area contributed by atoms with Crippen LogP contribution in [-0.2, 0) is 0 Å². The lowest BCUT2D eigenvalue weighted by atomic mass is 9.96. The quantitative estimate of drug-likeness (QED) is 0.671. The smallest absolute Gasteiger partial charge is 0.341 e. The van der Waals surface area contributed by atoms with Gasteiger partial charge in [-0.05, 0) is 36.2 Å². The fourth-order valence-corrected chi connectivity index (χ4v) is 1.99. The summed E-state index contributed by atoms with van der Waals surface area (Å²) in [6, 6.07) is 1.74. The van der Waals surface area contributed by atoms with Crippen molar-refractivity contribution in [3.8, 4) is 11.1 Å². The van der Waals surface area contributed by atoms with Crippen molar-refractivity contribution in [2.24, 2.45) is 0 Å². The minimum absolute atomic E-state index is 0.0830. The van der Waals surface area contributed by atoms with Gasteiger partial charge in [-0.1, -0.05) is 0 Å². The Morgan fingerprint density at radius 3 is 1.90 bits per heavy atom. The number of hydrogen-bond donors (Lipinski definition) is 1. The summed E-state index contributed by atoms with van der Waals surface area (Å²) in [7, 11) is 0. The Morgan fingerprint density at radius 1 is 0.905 bits per heavy atom. The number of hydrogen-bond acceptors (Lipinski definition) is 1. The van der Waals surface area contributed by atoms with Crippen molar-refractivity contribution in [1.82, 2.24) is 0 Å². The molecule has 0 atom stereocenters. The first-order valence-corrected chi connectivity index (χ1v) is 5.60. The van der Waals surface area contributed by atoms with E-state index in [-0.39, 0.29) is 5.56 Å². The summed E-state index contributed by atoms with van der Waals surface area (Å²) >= 11 is 0. The summed E-state index contributed by atoms with van der Waals surface area (Å²) in [4.78, 5) is 10.8. The third kappa shape index (κ3) is 2.46. The molecule has 0 aromatic heterocycles. The zero-order valence-electron chi connectivity index (χ0n) is 10.5. The Hall–Kier alpha value is -2.44. The van der Waals surface area contributed by atoms with Crippen LogP contribution in [0.3, 0.4) is 0 Å². The van der Waals surface area contributed by atoms with Crippen molar-refractivity contribution in [1.29, 1.82) is 0 Å². The molecular weight excluding hydrogens is 295 g/mol. The van der Waals surface area contributed by atoms with E-state index in [2.05, 4.69) is 0 Å². The summed E-state index contributed by atoms with van der Waals surface area (Å²) in [5, 5.41) is 8.77. The largest absolute Gasteiger partial charge is 0.477 e. The molecule has 21 heavy (non-hydrogen) atoms. The maximum Gasteiger partial charge on any atom is 0.341 e. The molecule has 0 saturated heterocycles. The van der Waals surface area contributed by atoms with E-state index >= 15 is 0 Å². The van der Waals surface area contributed by atoms with Crippen LogP contribution in [0.15, 0.2) is 18.2 Å². The normalized spacial score (nSPS) is 10.8. The molecule has 2 rings (SSSR count). The van der Waals surface area contributed by atoms with Gasteiger partial charge >= 0.3 is 5.97 Å². The van der Waals surface area contributed by atoms with Crippen LogP contribution in [0.2, 0.25) is 0 Å². The fraction of sp³-hybridized carbons (Fsp3) is 0.0714. The van der Waals surface area contributed by atoms with Crippen molar-refractivity contribution in [2.45, 2.75) is 6.92 Å². The molecule has 0 aliphatic heterocycles. The van der Waals surface area contributed by atoms with Crippen molar-refractivity contribution >= 4 is 5.97 Å². The first kappa shape index (κ1) is 15.0. The molecule has 0 heterocycles. The van der Waals surface area contributed by atoms with Crippen LogP contribution in [-0.4, -0.2) is 11.1 Å². The van der Waals surface area contributed by atoms with Gasteiger partial charge in [-0.25, -0.2) is 26.7 Å². The van der Waals surface area contributed by atoms with Crippen LogP contribution >= 0.6 is 0 Å². The van der Waals surface area contributed by atoms with Gasteiger partial charge in [0.15, 0.2) is 17.5 Å². The Bertz CT molecular complexity index is 733. The summed E-state index contributed by atoms with van der Waals surface area (Å²) in [6.45, 7) is 1.23. The standard InChI is InChI=1S/C14H7F5O2/c1-5-2-7(15)11(14(20)21)13(19)10(5)6-3-8(16)12(18)9(17)4-6/h2-4H,1H3,(H,20,21). The van der Waals surface area contributed by atoms with Gasteiger partial charge in [-0.3, -0.25) is 0 Å². The van der Waals surface area contributed by atoms with E-state index in [9.17, 15) is 26.7 Å². The molecule has 0 radical (unpaired) electrons. The van der Waals surface area contributed by atoms with E-state index in [0.717, 1.165) is 6.07 Å². The molecule has 0 unspecified atom stereocenters. The monoisotopic (exact) mass is 302 g/mol. The molecule has 2 aromatic carbocycles. The van der Waals surface area contributed by atoms with Gasteiger partial charge in [0.25, 0.3) is 0 Å².